The standard InChI is InChI=1S/C4H6F2NO/c1-2-7-4(8)3(5)6/h3H,1-2H2,(H,7,8). The molecular formula is C4H6F2NO. The van der Waals surface area contributed by atoms with Gasteiger partial charge in [0.05, 0.1) is 0 Å². The highest BCUT2D eigenvalue weighted by atomic mass is 19.3. The number of halogens is 2. The summed E-state index contributed by atoms with van der Waals surface area (Å²) in [5.74, 6) is -1.26. The Morgan fingerprint density at radius 2 is 2.25 bits per heavy atom. The third-order valence-electron chi connectivity index (χ3n) is 0.497. The third kappa shape index (κ3) is 2.49. The molecule has 0 unspecified atom stereocenters. The van der Waals surface area contributed by atoms with Gasteiger partial charge in [0.2, 0.25) is 0 Å². The molecule has 1 radical (unpaired) electrons. The molecule has 0 aliphatic rings. The number of carbonyl (C=O) groups excluding carboxylic acids is 1. The molecule has 0 heterocycles. The largest absolute Gasteiger partial charge is 0.351 e. The van der Waals surface area contributed by atoms with Crippen molar-refractivity contribution in [1.29, 1.82) is 0 Å². The minimum absolute atomic E-state index is 0.00315. The third-order valence-corrected chi connectivity index (χ3v) is 0.497. The molecule has 0 saturated heterocycles. The van der Waals surface area contributed by atoms with Crippen LogP contribution in [0.15, 0.2) is 0 Å². The summed E-state index contributed by atoms with van der Waals surface area (Å²) in [5, 5.41) is 1.84. The molecule has 8 heavy (non-hydrogen) atoms. The van der Waals surface area contributed by atoms with Crippen LogP contribution in [0.3, 0.4) is 0 Å². The van der Waals surface area contributed by atoms with Gasteiger partial charge in [-0.1, -0.05) is 0 Å². The van der Waals surface area contributed by atoms with Crippen LogP contribution in [0, 0.1) is 6.92 Å². The number of hydrogen-bond donors (Lipinski definition) is 1. The van der Waals surface area contributed by atoms with E-state index in [-0.39, 0.29) is 6.54 Å². The molecule has 4 heteroatoms. The van der Waals surface area contributed by atoms with Gasteiger partial charge in [-0.2, -0.15) is 8.78 Å². The first-order chi connectivity index (χ1) is 3.68. The second-order valence-electron chi connectivity index (χ2n) is 1.09. The van der Waals surface area contributed by atoms with Crippen molar-refractivity contribution < 1.29 is 13.6 Å². The molecule has 0 aromatic heterocycles. The van der Waals surface area contributed by atoms with E-state index in [1.165, 1.54) is 0 Å². The van der Waals surface area contributed by atoms with Gasteiger partial charge in [-0.3, -0.25) is 4.79 Å². The smallest absolute Gasteiger partial charge is 0.315 e. The molecule has 0 aliphatic heterocycles. The van der Waals surface area contributed by atoms with Gasteiger partial charge in [0, 0.05) is 6.54 Å². The Morgan fingerprint density at radius 1 is 1.75 bits per heavy atom. The van der Waals surface area contributed by atoms with Crippen molar-refractivity contribution in [3.8, 4) is 0 Å². The number of rotatable bonds is 2. The van der Waals surface area contributed by atoms with E-state index in [2.05, 4.69) is 6.92 Å². The van der Waals surface area contributed by atoms with Crippen LogP contribution in [-0.4, -0.2) is 18.9 Å². The number of nitrogens with one attached hydrogen (secondary N) is 1. The summed E-state index contributed by atoms with van der Waals surface area (Å²) < 4.78 is 22.4. The van der Waals surface area contributed by atoms with Gasteiger partial charge < -0.3 is 5.32 Å². The normalized spacial score (nSPS) is 9.50. The van der Waals surface area contributed by atoms with Gasteiger partial charge >= 0.3 is 6.43 Å². The average Bonchev–Trinajstić information content (AvgIpc) is 1.67. The van der Waals surface area contributed by atoms with Crippen LogP contribution < -0.4 is 5.32 Å². The zero-order chi connectivity index (χ0) is 6.57. The van der Waals surface area contributed by atoms with Crippen molar-refractivity contribution in [2.45, 2.75) is 6.43 Å². The van der Waals surface area contributed by atoms with Crippen molar-refractivity contribution in [2.75, 3.05) is 6.54 Å². The predicted octanol–water partition coefficient (Wildman–Crippen LogP) is 0.202. The summed E-state index contributed by atoms with van der Waals surface area (Å²) in [4.78, 5) is 9.84. The Hall–Kier alpha value is -0.670. The summed E-state index contributed by atoms with van der Waals surface area (Å²) in [7, 11) is 0. The average molecular weight is 122 g/mol. The van der Waals surface area contributed by atoms with Crippen LogP contribution in [0.4, 0.5) is 8.78 Å². The molecule has 1 amide bonds. The van der Waals surface area contributed by atoms with E-state index < -0.39 is 12.3 Å². The fraction of sp³-hybridized carbons (Fsp3) is 0.500. The first-order valence-electron chi connectivity index (χ1n) is 2.03. The molecule has 0 rings (SSSR count). The fourth-order valence-corrected chi connectivity index (χ4v) is 0.200. The highest BCUT2D eigenvalue weighted by molar-refractivity contribution is 5.78. The highest BCUT2D eigenvalue weighted by Gasteiger charge is 2.11. The fourth-order valence-electron chi connectivity index (χ4n) is 0.200. The summed E-state index contributed by atoms with van der Waals surface area (Å²) in [6.07, 6.45) is -2.92. The Labute approximate surface area is 45.9 Å². The quantitative estimate of drug-likeness (QED) is 0.557. The van der Waals surface area contributed by atoms with E-state index in [0.717, 1.165) is 0 Å². The summed E-state index contributed by atoms with van der Waals surface area (Å²) in [6.45, 7) is 3.15. The molecule has 0 aromatic carbocycles. The van der Waals surface area contributed by atoms with Crippen molar-refractivity contribution in [3.05, 3.63) is 6.92 Å². The number of hydrogen-bond acceptors (Lipinski definition) is 1. The molecule has 0 atom stereocenters. The first-order valence-corrected chi connectivity index (χ1v) is 2.03. The van der Waals surface area contributed by atoms with Gasteiger partial charge in [0.1, 0.15) is 0 Å². The summed E-state index contributed by atoms with van der Waals surface area (Å²) in [5.41, 5.74) is 0. The molecule has 0 saturated carbocycles. The monoisotopic (exact) mass is 122 g/mol. The summed E-state index contributed by atoms with van der Waals surface area (Å²) in [6, 6.07) is 0. The van der Waals surface area contributed by atoms with Gasteiger partial charge in [0.25, 0.3) is 5.91 Å². The molecule has 2 nitrogen and oxygen atoms in total. The van der Waals surface area contributed by atoms with Crippen LogP contribution in [0.2, 0.25) is 0 Å². The zero-order valence-electron chi connectivity index (χ0n) is 4.16. The van der Waals surface area contributed by atoms with Crippen LogP contribution in [0.1, 0.15) is 0 Å². The molecule has 0 bridgehead atoms. The van der Waals surface area contributed by atoms with Crippen LogP contribution >= 0.6 is 0 Å². The van der Waals surface area contributed by atoms with Gasteiger partial charge in [0.15, 0.2) is 0 Å². The second kappa shape index (κ2) is 3.35. The Balaban J connectivity index is 3.33. The molecular weight excluding hydrogens is 116 g/mol. The molecule has 1 N–H and O–H groups in total. The van der Waals surface area contributed by atoms with E-state index in [9.17, 15) is 13.6 Å². The Morgan fingerprint density at radius 3 is 2.38 bits per heavy atom. The maximum atomic E-state index is 11.2. The van der Waals surface area contributed by atoms with E-state index in [4.69, 9.17) is 0 Å². The number of carbonyl (C=O) groups is 1. The number of amides is 1. The lowest BCUT2D eigenvalue weighted by atomic mass is 10.6. The molecule has 47 valence electrons. The lowest BCUT2D eigenvalue weighted by molar-refractivity contribution is -0.131. The van der Waals surface area contributed by atoms with Gasteiger partial charge in [-0.15, -0.1) is 0 Å². The zero-order valence-corrected chi connectivity index (χ0v) is 4.16. The van der Waals surface area contributed by atoms with Crippen LogP contribution in [-0.2, 0) is 4.79 Å². The maximum absolute atomic E-state index is 11.2. The van der Waals surface area contributed by atoms with Crippen molar-refractivity contribution in [1.82, 2.24) is 5.32 Å². The van der Waals surface area contributed by atoms with E-state index >= 15 is 0 Å². The van der Waals surface area contributed by atoms with Crippen molar-refractivity contribution in [2.24, 2.45) is 0 Å². The first kappa shape index (κ1) is 7.33. The van der Waals surface area contributed by atoms with E-state index in [0.29, 0.717) is 0 Å². The van der Waals surface area contributed by atoms with E-state index in [1.807, 2.05) is 5.32 Å². The molecule has 0 aromatic rings. The molecule has 0 fully saturated rings. The summed E-state index contributed by atoms with van der Waals surface area (Å²) >= 11 is 0. The highest BCUT2D eigenvalue weighted by Crippen LogP contribution is 1.88. The van der Waals surface area contributed by atoms with Crippen LogP contribution in [0.5, 0.6) is 0 Å². The van der Waals surface area contributed by atoms with E-state index in [1.54, 1.807) is 0 Å². The molecule has 0 aliphatic carbocycles. The lowest BCUT2D eigenvalue weighted by Gasteiger charge is -1.96. The van der Waals surface area contributed by atoms with Crippen molar-refractivity contribution >= 4 is 5.91 Å². The van der Waals surface area contributed by atoms with Crippen LogP contribution in [0.25, 0.3) is 0 Å². The van der Waals surface area contributed by atoms with Gasteiger partial charge in [-0.05, 0) is 6.92 Å². The lowest BCUT2D eigenvalue weighted by Crippen LogP contribution is -2.28. The second-order valence-corrected chi connectivity index (χ2v) is 1.09. The number of alkyl halides is 2. The molecule has 0 spiro atoms. The minimum Gasteiger partial charge on any atom is -0.351 e. The topological polar surface area (TPSA) is 29.1 Å². The predicted molar refractivity (Wildman–Crippen MR) is 24.4 cm³/mol. The SMILES string of the molecule is [CH2]CNC(=O)C(F)F. The Bertz CT molecular complexity index is 84.1. The van der Waals surface area contributed by atoms with Crippen molar-refractivity contribution in [3.63, 3.8) is 0 Å². The maximum Gasteiger partial charge on any atom is 0.315 e. The Kier molecular flexibility index (Phi) is 3.07. The van der Waals surface area contributed by atoms with Gasteiger partial charge in [-0.25, -0.2) is 0 Å². The minimum atomic E-state index is -2.92.